The van der Waals surface area contributed by atoms with Gasteiger partial charge in [0.05, 0.1) is 13.1 Å². The van der Waals surface area contributed by atoms with Crippen LogP contribution in [-0.4, -0.2) is 113 Å². The van der Waals surface area contributed by atoms with E-state index >= 15 is 0 Å². The van der Waals surface area contributed by atoms with E-state index in [0.29, 0.717) is 30.2 Å². The van der Waals surface area contributed by atoms with Crippen LogP contribution < -0.4 is 43.1 Å². The molecule has 0 saturated carbocycles. The van der Waals surface area contributed by atoms with Gasteiger partial charge in [-0.1, -0.05) is 5.16 Å². The van der Waals surface area contributed by atoms with Crippen LogP contribution in [0.15, 0.2) is 27.6 Å². The number of nitrogen functional groups attached to an aromatic ring is 1. The molecule has 13 N–H and O–H groups in total. The molecule has 0 aliphatic carbocycles. The van der Waals surface area contributed by atoms with Gasteiger partial charge in [-0.05, 0) is 20.3 Å². The Kier molecular flexibility index (Phi) is 10.0. The van der Waals surface area contributed by atoms with E-state index in [9.17, 15) is 29.4 Å². The standard InChI is InChI=1S/C26H35N15O7S2/c1-26(2,22(46)47)48-36-13(16-35-25(31)50-37-16)18(42)34-14-19(43)41-15(21(44)45)11(10-49-20(14)41)8-38-9-12(17-32-4-3-6-40(17)38)39(24(29)30)7-5-33-23(27)28/h9,14,20H,3-8,10H2,1-2H3,(H12,27,28,29,30,31,33,34,35,37,42,44,45,46,47)/p+1/t14-,20-/m1/s1. The molecule has 268 valence electrons. The van der Waals surface area contributed by atoms with E-state index in [1.807, 2.05) is 4.68 Å². The number of rotatable bonds is 13. The number of fused-ring (bicyclic) bond motifs is 2. The Balaban J connectivity index is 1.39. The van der Waals surface area contributed by atoms with E-state index in [4.69, 9.17) is 33.2 Å². The molecule has 2 amide bonds. The highest BCUT2D eigenvalue weighted by Gasteiger charge is 2.55. The van der Waals surface area contributed by atoms with Crippen LogP contribution in [0.25, 0.3) is 0 Å². The predicted octanol–water partition coefficient (Wildman–Crippen LogP) is -2.98. The van der Waals surface area contributed by atoms with Gasteiger partial charge >= 0.3 is 11.9 Å². The average molecular weight is 735 g/mol. The highest BCUT2D eigenvalue weighted by atomic mass is 32.2. The number of carbonyl (C=O) groups is 4. The summed E-state index contributed by atoms with van der Waals surface area (Å²) in [7, 11) is 0. The lowest BCUT2D eigenvalue weighted by Gasteiger charge is -2.49. The number of hydrogen-bond acceptors (Lipinski definition) is 14. The molecule has 1 fully saturated rings. The first-order valence-electron chi connectivity index (χ1n) is 14.9. The Bertz CT molecular complexity index is 1830. The Morgan fingerprint density at radius 3 is 2.66 bits per heavy atom. The van der Waals surface area contributed by atoms with Gasteiger partial charge in [0, 0.05) is 35.9 Å². The van der Waals surface area contributed by atoms with Crippen molar-refractivity contribution in [2.24, 2.45) is 27.3 Å². The number of carboxylic acid groups (broad SMARTS) is 2. The van der Waals surface area contributed by atoms with Gasteiger partial charge in [0.2, 0.25) is 23.3 Å². The SMILES string of the molecule is CC(C)(ON=C(C(=O)N[C@@H]1C(=O)N2C(C(=O)O)=C(C[n+]3cc(N(CCN=C(N)N)C(=N)N)c4n3CCCN4)CS[C@H]12)c1nsc(N)n1)C(=O)O. The molecule has 0 spiro atoms. The van der Waals surface area contributed by atoms with Crippen LogP contribution in [0.4, 0.5) is 16.6 Å². The van der Waals surface area contributed by atoms with Crippen molar-refractivity contribution in [3.05, 3.63) is 23.3 Å². The number of aliphatic carboxylic acids is 2. The second kappa shape index (κ2) is 14.1. The molecule has 0 aromatic carbocycles. The second-order valence-corrected chi connectivity index (χ2v) is 13.5. The Hall–Kier alpha value is -5.65. The van der Waals surface area contributed by atoms with Crippen LogP contribution in [0.2, 0.25) is 0 Å². The van der Waals surface area contributed by atoms with Crippen molar-refractivity contribution in [2.75, 3.05) is 41.3 Å². The van der Waals surface area contributed by atoms with E-state index in [1.54, 1.807) is 10.9 Å². The number of amides is 2. The van der Waals surface area contributed by atoms with E-state index in [0.717, 1.165) is 22.9 Å². The zero-order valence-electron chi connectivity index (χ0n) is 26.8. The van der Waals surface area contributed by atoms with Crippen LogP contribution in [0.1, 0.15) is 26.1 Å². The van der Waals surface area contributed by atoms with Crippen molar-refractivity contribution in [1.82, 2.24) is 24.3 Å². The Morgan fingerprint density at radius 2 is 2.04 bits per heavy atom. The fraction of sp³-hybridized carbons (Fsp3) is 0.462. The first-order valence-corrected chi connectivity index (χ1v) is 16.8. The largest absolute Gasteiger partial charge is 0.478 e. The molecule has 1 saturated heterocycles. The Labute approximate surface area is 291 Å². The lowest BCUT2D eigenvalue weighted by Crippen LogP contribution is -2.71. The minimum atomic E-state index is -1.82. The van der Waals surface area contributed by atoms with Crippen LogP contribution in [0.5, 0.6) is 0 Å². The summed E-state index contributed by atoms with van der Waals surface area (Å²) in [5.74, 6) is -4.07. The third-order valence-corrected chi connectivity index (χ3v) is 9.64. The van der Waals surface area contributed by atoms with Crippen molar-refractivity contribution in [3.8, 4) is 0 Å². The van der Waals surface area contributed by atoms with Gasteiger partial charge in [-0.25, -0.2) is 9.59 Å². The number of carboxylic acids is 2. The van der Waals surface area contributed by atoms with Gasteiger partial charge in [-0.15, -0.1) is 21.1 Å². The minimum Gasteiger partial charge on any atom is -0.478 e. The number of carbonyl (C=O) groups excluding carboxylic acids is 2. The average Bonchev–Trinajstić information content (AvgIpc) is 3.64. The van der Waals surface area contributed by atoms with E-state index in [2.05, 4.69) is 30.1 Å². The molecule has 2 atom stereocenters. The molecule has 0 bridgehead atoms. The van der Waals surface area contributed by atoms with Crippen molar-refractivity contribution in [1.29, 1.82) is 5.41 Å². The summed E-state index contributed by atoms with van der Waals surface area (Å²) in [6.07, 6.45) is 2.51. The summed E-state index contributed by atoms with van der Waals surface area (Å²) in [6, 6.07) is -1.16. The van der Waals surface area contributed by atoms with Crippen molar-refractivity contribution < 1.29 is 38.9 Å². The molecular formula is C26H36N15O7S2+. The number of aromatic nitrogens is 4. The highest BCUT2D eigenvalue weighted by molar-refractivity contribution is 8.00. The molecule has 5 rings (SSSR count). The molecule has 0 unspecified atom stereocenters. The van der Waals surface area contributed by atoms with Gasteiger partial charge in [0.1, 0.15) is 17.1 Å². The first kappa shape index (κ1) is 35.7. The normalized spacial score (nSPS) is 18.6. The van der Waals surface area contributed by atoms with Crippen molar-refractivity contribution >= 4 is 81.3 Å². The van der Waals surface area contributed by atoms with E-state index in [1.165, 1.54) is 30.5 Å². The number of β-lactam (4-membered cyclic amide) rings is 1. The van der Waals surface area contributed by atoms with Crippen molar-refractivity contribution in [2.45, 2.75) is 50.4 Å². The van der Waals surface area contributed by atoms with Gasteiger partial charge in [-0.3, -0.25) is 24.9 Å². The quantitative estimate of drug-likeness (QED) is 0.0326. The summed E-state index contributed by atoms with van der Waals surface area (Å²) < 4.78 is 7.65. The van der Waals surface area contributed by atoms with Gasteiger partial charge in [0.25, 0.3) is 11.8 Å². The number of aliphatic imine (C=N–C) groups is 1. The van der Waals surface area contributed by atoms with Crippen LogP contribution in [0.3, 0.4) is 0 Å². The lowest BCUT2D eigenvalue weighted by atomic mass is 10.0. The summed E-state index contributed by atoms with van der Waals surface area (Å²) in [6.45, 7) is 4.13. The number of oxime groups is 1. The van der Waals surface area contributed by atoms with Gasteiger partial charge in [0.15, 0.2) is 35.1 Å². The van der Waals surface area contributed by atoms with E-state index in [-0.39, 0.29) is 54.0 Å². The zero-order valence-corrected chi connectivity index (χ0v) is 28.5. The molecule has 3 aliphatic heterocycles. The molecule has 0 radical (unpaired) electrons. The maximum Gasteiger partial charge on any atom is 0.352 e. The number of hydrogen-bond donors (Lipinski definition) is 9. The molecule has 24 heteroatoms. The maximum atomic E-state index is 13.5. The number of nitrogens with two attached hydrogens (primary N) is 4. The Morgan fingerprint density at radius 1 is 1.30 bits per heavy atom. The molecule has 2 aromatic heterocycles. The lowest BCUT2D eigenvalue weighted by molar-refractivity contribution is -0.767. The number of anilines is 3. The van der Waals surface area contributed by atoms with Gasteiger partial charge in [-0.2, -0.15) is 9.36 Å². The zero-order chi connectivity index (χ0) is 36.5. The van der Waals surface area contributed by atoms with Crippen molar-refractivity contribution in [3.63, 3.8) is 0 Å². The number of thioether (sulfide) groups is 1. The summed E-state index contributed by atoms with van der Waals surface area (Å²) in [5, 5.41) is 36.6. The van der Waals surface area contributed by atoms with Crippen LogP contribution in [-0.2, 0) is 37.1 Å². The second-order valence-electron chi connectivity index (χ2n) is 11.6. The smallest absolute Gasteiger partial charge is 0.352 e. The minimum absolute atomic E-state index is 0.000427. The summed E-state index contributed by atoms with van der Waals surface area (Å²) >= 11 is 2.01. The molecule has 2 aromatic rings. The third-order valence-electron chi connectivity index (χ3n) is 7.76. The van der Waals surface area contributed by atoms with Crippen LogP contribution in [0, 0.1) is 5.41 Å². The molecule has 22 nitrogen and oxygen atoms in total. The topological polar surface area (TPSA) is 336 Å². The number of nitrogens with zero attached hydrogens (tertiary/aromatic N) is 8. The number of guanidine groups is 2. The summed E-state index contributed by atoms with van der Waals surface area (Å²) in [4.78, 5) is 66.6. The summed E-state index contributed by atoms with van der Waals surface area (Å²) in [5.41, 5.74) is 20.9. The predicted molar refractivity (Wildman–Crippen MR) is 181 cm³/mol. The van der Waals surface area contributed by atoms with Gasteiger partial charge < -0.3 is 53.5 Å². The fourth-order valence-corrected chi connectivity index (χ4v) is 7.06. The monoisotopic (exact) mass is 734 g/mol. The fourth-order valence-electron chi connectivity index (χ4n) is 5.29. The maximum absolute atomic E-state index is 13.5. The molecule has 3 aliphatic rings. The van der Waals surface area contributed by atoms with Crippen LogP contribution >= 0.6 is 23.3 Å². The van der Waals surface area contributed by atoms with E-state index < -0.39 is 46.5 Å². The first-order chi connectivity index (χ1) is 23.6. The molecule has 50 heavy (non-hydrogen) atoms. The number of nitrogens with one attached hydrogen (secondary N) is 3. The highest BCUT2D eigenvalue weighted by Crippen LogP contribution is 2.40. The molecule has 5 heterocycles. The molecular weight excluding hydrogens is 699 g/mol. The third kappa shape index (κ3) is 7.05.